The largest absolute Gasteiger partial charge is 0.348 e. The lowest BCUT2D eigenvalue weighted by Crippen LogP contribution is -2.16. The molecule has 0 aliphatic carbocycles. The van der Waals surface area contributed by atoms with Gasteiger partial charge in [0, 0.05) is 24.0 Å². The first-order chi connectivity index (χ1) is 8.34. The Morgan fingerprint density at radius 1 is 1.11 bits per heavy atom. The second-order valence-corrected chi connectivity index (χ2v) is 4.64. The number of carbonyl (C=O) groups excluding carboxylic acids is 1. The molecule has 0 aromatic heterocycles. The topological polar surface area (TPSA) is 20.3 Å². The van der Waals surface area contributed by atoms with Gasteiger partial charge < -0.3 is 4.90 Å². The van der Waals surface area contributed by atoms with Gasteiger partial charge in [-0.1, -0.05) is 36.4 Å². The molecule has 1 aromatic carbocycles. The van der Waals surface area contributed by atoms with Crippen LogP contribution < -0.4 is 0 Å². The second kappa shape index (κ2) is 5.67. The first-order valence-electron chi connectivity index (χ1n) is 6.02. The van der Waals surface area contributed by atoms with E-state index < -0.39 is 0 Å². The first-order valence-corrected chi connectivity index (χ1v) is 6.02. The van der Waals surface area contributed by atoms with Crippen molar-refractivity contribution in [2.45, 2.75) is 27.7 Å². The van der Waals surface area contributed by atoms with E-state index in [1.807, 2.05) is 37.9 Å². The molecule has 0 spiro atoms. The van der Waals surface area contributed by atoms with Gasteiger partial charge >= 0.3 is 0 Å². The smallest absolute Gasteiger partial charge is 0.157 e. The molecule has 0 radical (unpaired) electrons. The molecule has 2 heteroatoms. The maximum atomic E-state index is 11.4. The van der Waals surface area contributed by atoms with Gasteiger partial charge in [-0.25, -0.2) is 0 Å². The lowest BCUT2D eigenvalue weighted by molar-refractivity contribution is -0.113. The standard InChI is InChI=1S/C16H21NO/c1-11-7-9-16(10-8-11)14(4)17(6)13(3)12(2)15(5)18/h7-10H,4H2,1-3,5-6H3/b13-12+. The minimum absolute atomic E-state index is 0.0936. The predicted octanol–water partition coefficient (Wildman–Crippen LogP) is 3.78. The summed E-state index contributed by atoms with van der Waals surface area (Å²) in [6, 6.07) is 8.21. The highest BCUT2D eigenvalue weighted by Gasteiger charge is 2.11. The first kappa shape index (κ1) is 14.2. The number of nitrogens with zero attached hydrogens (tertiary/aromatic N) is 1. The number of aryl methyl sites for hydroxylation is 1. The molecule has 0 fully saturated rings. The maximum Gasteiger partial charge on any atom is 0.157 e. The van der Waals surface area contributed by atoms with Crippen molar-refractivity contribution in [2.75, 3.05) is 7.05 Å². The Hall–Kier alpha value is -1.83. The molecule has 0 bridgehead atoms. The Morgan fingerprint density at radius 3 is 2.06 bits per heavy atom. The molecule has 0 aliphatic heterocycles. The van der Waals surface area contributed by atoms with Crippen LogP contribution >= 0.6 is 0 Å². The summed E-state index contributed by atoms with van der Waals surface area (Å²) in [4.78, 5) is 13.3. The zero-order valence-electron chi connectivity index (χ0n) is 11.9. The minimum Gasteiger partial charge on any atom is -0.348 e. The molecular weight excluding hydrogens is 222 g/mol. The molecule has 1 rings (SSSR count). The van der Waals surface area contributed by atoms with Crippen molar-refractivity contribution in [1.29, 1.82) is 0 Å². The highest BCUT2D eigenvalue weighted by molar-refractivity contribution is 5.93. The van der Waals surface area contributed by atoms with Crippen LogP contribution in [-0.2, 0) is 4.79 Å². The van der Waals surface area contributed by atoms with Crippen molar-refractivity contribution in [1.82, 2.24) is 4.90 Å². The number of allylic oxidation sites excluding steroid dienone is 2. The molecule has 96 valence electrons. The number of hydrogen-bond acceptors (Lipinski definition) is 2. The third-order valence-electron chi connectivity index (χ3n) is 3.36. The molecule has 0 unspecified atom stereocenters. The number of ketones is 1. The van der Waals surface area contributed by atoms with Crippen LogP contribution in [0.5, 0.6) is 0 Å². The van der Waals surface area contributed by atoms with Gasteiger partial charge in [0.15, 0.2) is 5.78 Å². The van der Waals surface area contributed by atoms with E-state index in [0.717, 1.165) is 22.5 Å². The number of benzene rings is 1. The molecule has 0 saturated carbocycles. The van der Waals surface area contributed by atoms with E-state index in [-0.39, 0.29) is 5.78 Å². The normalized spacial score (nSPS) is 11.8. The van der Waals surface area contributed by atoms with Gasteiger partial charge in [0.25, 0.3) is 0 Å². The van der Waals surface area contributed by atoms with E-state index in [1.165, 1.54) is 5.56 Å². The summed E-state index contributed by atoms with van der Waals surface area (Å²) in [5, 5.41) is 0. The Labute approximate surface area is 110 Å². The monoisotopic (exact) mass is 243 g/mol. The molecule has 0 amide bonds. The zero-order valence-corrected chi connectivity index (χ0v) is 11.9. The van der Waals surface area contributed by atoms with E-state index in [2.05, 4.69) is 25.6 Å². The van der Waals surface area contributed by atoms with E-state index >= 15 is 0 Å². The Balaban J connectivity index is 3.01. The lowest BCUT2D eigenvalue weighted by atomic mass is 10.1. The summed E-state index contributed by atoms with van der Waals surface area (Å²) in [6.45, 7) is 11.5. The molecule has 0 aliphatic rings. The minimum atomic E-state index is 0.0936. The fourth-order valence-corrected chi connectivity index (χ4v) is 1.65. The second-order valence-electron chi connectivity index (χ2n) is 4.64. The molecule has 0 N–H and O–H groups in total. The van der Waals surface area contributed by atoms with Crippen LogP contribution in [0, 0.1) is 6.92 Å². The summed E-state index contributed by atoms with van der Waals surface area (Å²) in [5.74, 6) is 0.0936. The molecule has 18 heavy (non-hydrogen) atoms. The van der Waals surface area contributed by atoms with Crippen LogP contribution in [0.15, 0.2) is 42.1 Å². The van der Waals surface area contributed by atoms with Crippen molar-refractivity contribution >= 4 is 11.5 Å². The lowest BCUT2D eigenvalue weighted by Gasteiger charge is -2.24. The van der Waals surface area contributed by atoms with Gasteiger partial charge in [-0.15, -0.1) is 0 Å². The van der Waals surface area contributed by atoms with E-state index in [0.29, 0.717) is 0 Å². The molecule has 1 aromatic rings. The van der Waals surface area contributed by atoms with Gasteiger partial charge in [-0.2, -0.15) is 0 Å². The van der Waals surface area contributed by atoms with Crippen molar-refractivity contribution in [3.05, 3.63) is 53.2 Å². The van der Waals surface area contributed by atoms with Crippen LogP contribution in [-0.4, -0.2) is 17.7 Å². The fraction of sp³-hybridized carbons (Fsp3) is 0.312. The fourth-order valence-electron chi connectivity index (χ4n) is 1.65. The van der Waals surface area contributed by atoms with Crippen LogP contribution in [0.1, 0.15) is 31.9 Å². The maximum absolute atomic E-state index is 11.4. The van der Waals surface area contributed by atoms with Crippen LogP contribution in [0.3, 0.4) is 0 Å². The summed E-state index contributed by atoms with van der Waals surface area (Å²) in [7, 11) is 1.93. The summed E-state index contributed by atoms with van der Waals surface area (Å²) < 4.78 is 0. The third-order valence-corrected chi connectivity index (χ3v) is 3.36. The van der Waals surface area contributed by atoms with Crippen LogP contribution in [0.4, 0.5) is 0 Å². The Kier molecular flexibility index (Phi) is 4.49. The number of rotatable bonds is 4. The Bertz CT molecular complexity index is 494. The molecule has 2 nitrogen and oxygen atoms in total. The summed E-state index contributed by atoms with van der Waals surface area (Å²) in [5.41, 5.74) is 4.90. The quantitative estimate of drug-likeness (QED) is 0.750. The molecule has 0 heterocycles. The van der Waals surface area contributed by atoms with Crippen molar-refractivity contribution in [2.24, 2.45) is 0 Å². The SMILES string of the molecule is C=C(c1ccc(C)cc1)N(C)/C(C)=C(\C)C(C)=O. The summed E-state index contributed by atoms with van der Waals surface area (Å²) >= 11 is 0. The predicted molar refractivity (Wildman–Crippen MR) is 77.0 cm³/mol. The number of hydrogen-bond donors (Lipinski definition) is 0. The average Bonchev–Trinajstić information content (AvgIpc) is 2.36. The van der Waals surface area contributed by atoms with Gasteiger partial charge in [0.1, 0.15) is 0 Å². The summed E-state index contributed by atoms with van der Waals surface area (Å²) in [6.07, 6.45) is 0. The highest BCUT2D eigenvalue weighted by Crippen LogP contribution is 2.22. The zero-order chi connectivity index (χ0) is 13.9. The molecular formula is C16H21NO. The highest BCUT2D eigenvalue weighted by atomic mass is 16.1. The Morgan fingerprint density at radius 2 is 1.61 bits per heavy atom. The average molecular weight is 243 g/mol. The van der Waals surface area contributed by atoms with Gasteiger partial charge in [-0.3, -0.25) is 4.79 Å². The van der Waals surface area contributed by atoms with Crippen LogP contribution in [0.2, 0.25) is 0 Å². The molecule has 0 saturated heterocycles. The van der Waals surface area contributed by atoms with Crippen LogP contribution in [0.25, 0.3) is 5.70 Å². The number of Topliss-reactive ketones (excluding diaryl/α,β-unsaturated/α-hetero) is 1. The van der Waals surface area contributed by atoms with Gasteiger partial charge in [0.05, 0.1) is 0 Å². The molecule has 0 atom stereocenters. The number of carbonyl (C=O) groups is 1. The van der Waals surface area contributed by atoms with Crippen molar-refractivity contribution < 1.29 is 4.79 Å². The van der Waals surface area contributed by atoms with E-state index in [9.17, 15) is 4.79 Å². The van der Waals surface area contributed by atoms with Crippen molar-refractivity contribution in [3.63, 3.8) is 0 Å². The van der Waals surface area contributed by atoms with E-state index in [4.69, 9.17) is 0 Å². The van der Waals surface area contributed by atoms with Crippen molar-refractivity contribution in [3.8, 4) is 0 Å². The van der Waals surface area contributed by atoms with Gasteiger partial charge in [0.2, 0.25) is 0 Å². The van der Waals surface area contributed by atoms with E-state index in [1.54, 1.807) is 6.92 Å². The third kappa shape index (κ3) is 3.10. The van der Waals surface area contributed by atoms with Gasteiger partial charge in [-0.05, 0) is 33.3 Å².